The van der Waals surface area contributed by atoms with Gasteiger partial charge in [-0.15, -0.1) is 0 Å². The first-order chi connectivity index (χ1) is 15.3. The number of hydrogen-bond donors (Lipinski definition) is 2. The molecule has 0 amide bonds. The standard InChI is InChI=1S/C26H28F3NO2/c1-3-6-20(7-5-17-32-18-16-30)25(21-10-14-23(31)15-11-21)24(4-2)19-8-12-22(13-9-19)26(27,28)29/h3,5-15,31H,1,4,16-18,30H2,2H3/b7-5-,20-6+,25-24+. The number of allylic oxidation sites excluding steroid dienone is 6. The zero-order valence-corrected chi connectivity index (χ0v) is 18.0. The van der Waals surface area contributed by atoms with Gasteiger partial charge in [-0.3, -0.25) is 0 Å². The van der Waals surface area contributed by atoms with Crippen molar-refractivity contribution in [2.45, 2.75) is 19.5 Å². The van der Waals surface area contributed by atoms with Gasteiger partial charge in [0.25, 0.3) is 0 Å². The molecule has 0 aromatic heterocycles. The minimum Gasteiger partial charge on any atom is -0.508 e. The van der Waals surface area contributed by atoms with Crippen molar-refractivity contribution in [2.75, 3.05) is 19.8 Å². The third kappa shape index (κ3) is 6.97. The number of aromatic hydroxyl groups is 1. The molecule has 3 nitrogen and oxygen atoms in total. The number of nitrogens with two attached hydrogens (primary N) is 1. The molecule has 0 saturated heterocycles. The first kappa shape index (κ1) is 25.2. The summed E-state index contributed by atoms with van der Waals surface area (Å²) < 4.78 is 44.5. The number of hydrogen-bond acceptors (Lipinski definition) is 3. The van der Waals surface area contributed by atoms with Gasteiger partial charge < -0.3 is 15.6 Å². The van der Waals surface area contributed by atoms with E-state index in [1.54, 1.807) is 30.3 Å². The molecule has 0 heterocycles. The molecule has 0 bridgehead atoms. The lowest BCUT2D eigenvalue weighted by molar-refractivity contribution is -0.137. The van der Waals surface area contributed by atoms with E-state index in [1.165, 1.54) is 12.1 Å². The van der Waals surface area contributed by atoms with Gasteiger partial charge in [0.2, 0.25) is 0 Å². The van der Waals surface area contributed by atoms with Crippen molar-refractivity contribution in [1.29, 1.82) is 0 Å². The number of phenols is 1. The molecule has 0 radical (unpaired) electrons. The third-order valence-electron chi connectivity index (χ3n) is 4.73. The summed E-state index contributed by atoms with van der Waals surface area (Å²) in [7, 11) is 0. The van der Waals surface area contributed by atoms with Crippen molar-refractivity contribution in [2.24, 2.45) is 5.73 Å². The fourth-order valence-corrected chi connectivity index (χ4v) is 3.29. The Kier molecular flexibility index (Phi) is 9.50. The minimum absolute atomic E-state index is 0.126. The quantitative estimate of drug-likeness (QED) is 0.255. The van der Waals surface area contributed by atoms with Gasteiger partial charge in [-0.2, -0.15) is 13.2 Å². The summed E-state index contributed by atoms with van der Waals surface area (Å²) in [5, 5.41) is 9.73. The van der Waals surface area contributed by atoms with Crippen LogP contribution in [-0.2, 0) is 10.9 Å². The number of ether oxygens (including phenoxy) is 1. The van der Waals surface area contributed by atoms with Gasteiger partial charge in [0, 0.05) is 6.54 Å². The second-order valence-electron chi connectivity index (χ2n) is 6.95. The van der Waals surface area contributed by atoms with Crippen molar-refractivity contribution in [3.63, 3.8) is 0 Å². The van der Waals surface area contributed by atoms with E-state index in [2.05, 4.69) is 6.58 Å². The largest absolute Gasteiger partial charge is 0.508 e. The minimum atomic E-state index is -4.39. The van der Waals surface area contributed by atoms with E-state index in [1.807, 2.05) is 25.2 Å². The van der Waals surface area contributed by atoms with Crippen LogP contribution in [0.4, 0.5) is 13.2 Å². The summed E-state index contributed by atoms with van der Waals surface area (Å²) >= 11 is 0. The van der Waals surface area contributed by atoms with Gasteiger partial charge in [0.1, 0.15) is 5.75 Å². The van der Waals surface area contributed by atoms with Crippen LogP contribution < -0.4 is 5.73 Å². The number of rotatable bonds is 10. The van der Waals surface area contributed by atoms with Gasteiger partial charge in [-0.1, -0.05) is 62.1 Å². The van der Waals surface area contributed by atoms with Crippen molar-refractivity contribution in [1.82, 2.24) is 0 Å². The maximum Gasteiger partial charge on any atom is 0.416 e. The molecule has 2 rings (SSSR count). The smallest absolute Gasteiger partial charge is 0.416 e. The van der Waals surface area contributed by atoms with Crippen LogP contribution >= 0.6 is 0 Å². The summed E-state index contributed by atoms with van der Waals surface area (Å²) in [6.45, 7) is 6.99. The molecule has 170 valence electrons. The predicted molar refractivity (Wildman–Crippen MR) is 124 cm³/mol. The number of benzene rings is 2. The average Bonchev–Trinajstić information content (AvgIpc) is 2.77. The van der Waals surface area contributed by atoms with E-state index in [4.69, 9.17) is 10.5 Å². The molecule has 0 saturated carbocycles. The lowest BCUT2D eigenvalue weighted by atomic mass is 9.87. The van der Waals surface area contributed by atoms with Gasteiger partial charge in [0.05, 0.1) is 18.8 Å². The monoisotopic (exact) mass is 443 g/mol. The number of phenolic OH excluding ortho intramolecular Hbond substituents is 1. The average molecular weight is 444 g/mol. The highest BCUT2D eigenvalue weighted by Crippen LogP contribution is 2.37. The van der Waals surface area contributed by atoms with Gasteiger partial charge in [0.15, 0.2) is 0 Å². The van der Waals surface area contributed by atoms with E-state index in [9.17, 15) is 18.3 Å². The Balaban J connectivity index is 2.63. The van der Waals surface area contributed by atoms with Crippen molar-refractivity contribution >= 4 is 11.1 Å². The molecule has 0 spiro atoms. The molecular formula is C26H28F3NO2. The maximum absolute atomic E-state index is 13.0. The number of alkyl halides is 3. The summed E-state index contributed by atoms with van der Waals surface area (Å²) in [5.74, 6) is 0.126. The fraction of sp³-hybridized carbons (Fsp3) is 0.231. The van der Waals surface area contributed by atoms with Crippen LogP contribution in [0.5, 0.6) is 5.75 Å². The Labute approximate surface area is 187 Å². The van der Waals surface area contributed by atoms with Crippen LogP contribution in [0.1, 0.15) is 30.0 Å². The Bertz CT molecular complexity index is 970. The van der Waals surface area contributed by atoms with Gasteiger partial charge in [-0.25, -0.2) is 0 Å². The van der Waals surface area contributed by atoms with Crippen molar-refractivity contribution in [3.8, 4) is 5.75 Å². The van der Waals surface area contributed by atoms with Crippen molar-refractivity contribution in [3.05, 3.63) is 102 Å². The van der Waals surface area contributed by atoms with Crippen LogP contribution in [-0.4, -0.2) is 24.9 Å². The molecule has 6 heteroatoms. The van der Waals surface area contributed by atoms with E-state index >= 15 is 0 Å². The zero-order chi connectivity index (χ0) is 23.6. The van der Waals surface area contributed by atoms with Gasteiger partial charge in [-0.05, 0) is 58.5 Å². The number of halogens is 3. The van der Waals surface area contributed by atoms with E-state index in [0.717, 1.165) is 34.4 Å². The molecule has 0 unspecified atom stereocenters. The first-order valence-electron chi connectivity index (χ1n) is 10.3. The Morgan fingerprint density at radius 1 is 1.06 bits per heavy atom. The van der Waals surface area contributed by atoms with E-state index in [0.29, 0.717) is 31.7 Å². The zero-order valence-electron chi connectivity index (χ0n) is 18.0. The molecular weight excluding hydrogens is 415 g/mol. The van der Waals surface area contributed by atoms with E-state index < -0.39 is 11.7 Å². The third-order valence-corrected chi connectivity index (χ3v) is 4.73. The molecule has 0 aliphatic heterocycles. The SMILES string of the molecule is C=C/C=C(\C=C/COCCN)C(=C(/CC)c1ccc(C(F)(F)F)cc1)/c1ccc(O)cc1. The summed E-state index contributed by atoms with van der Waals surface area (Å²) in [6, 6.07) is 11.9. The highest BCUT2D eigenvalue weighted by molar-refractivity contribution is 5.99. The topological polar surface area (TPSA) is 55.5 Å². The van der Waals surface area contributed by atoms with E-state index in [-0.39, 0.29) is 5.75 Å². The Morgan fingerprint density at radius 3 is 2.22 bits per heavy atom. The highest BCUT2D eigenvalue weighted by Gasteiger charge is 2.30. The van der Waals surface area contributed by atoms with Crippen LogP contribution in [0.2, 0.25) is 0 Å². The molecule has 0 aliphatic carbocycles. The molecule has 0 aliphatic rings. The van der Waals surface area contributed by atoms with Crippen LogP contribution in [0.25, 0.3) is 11.1 Å². The predicted octanol–water partition coefficient (Wildman–Crippen LogP) is 6.38. The second kappa shape index (κ2) is 12.1. The molecule has 0 atom stereocenters. The normalized spacial score (nSPS) is 13.3. The Morgan fingerprint density at radius 2 is 1.69 bits per heavy atom. The molecule has 0 fully saturated rings. The first-order valence-corrected chi connectivity index (χ1v) is 10.3. The summed E-state index contributed by atoms with van der Waals surface area (Å²) in [5.41, 5.74) is 8.77. The lowest BCUT2D eigenvalue weighted by Crippen LogP contribution is -2.08. The maximum atomic E-state index is 13.0. The highest BCUT2D eigenvalue weighted by atomic mass is 19.4. The summed E-state index contributed by atoms with van der Waals surface area (Å²) in [4.78, 5) is 0. The van der Waals surface area contributed by atoms with Crippen molar-refractivity contribution < 1.29 is 23.0 Å². The molecule has 2 aromatic rings. The van der Waals surface area contributed by atoms with Crippen LogP contribution in [0, 0.1) is 0 Å². The fourth-order valence-electron chi connectivity index (χ4n) is 3.29. The summed E-state index contributed by atoms with van der Waals surface area (Å²) in [6.07, 6.45) is 3.41. The van der Waals surface area contributed by atoms with Crippen LogP contribution in [0.15, 0.2) is 85.0 Å². The second-order valence-corrected chi connectivity index (χ2v) is 6.95. The molecule has 3 N–H and O–H groups in total. The Hall–Kier alpha value is -3.09. The van der Waals surface area contributed by atoms with Crippen LogP contribution in [0.3, 0.4) is 0 Å². The molecule has 2 aromatic carbocycles. The van der Waals surface area contributed by atoms with Gasteiger partial charge >= 0.3 is 6.18 Å². The lowest BCUT2D eigenvalue weighted by Gasteiger charge is -2.18. The molecule has 32 heavy (non-hydrogen) atoms.